The summed E-state index contributed by atoms with van der Waals surface area (Å²) < 4.78 is 30.4. The summed E-state index contributed by atoms with van der Waals surface area (Å²) in [6.07, 6.45) is 4.90. The van der Waals surface area contributed by atoms with Crippen molar-refractivity contribution in [1.82, 2.24) is 19.9 Å². The molecule has 1 amide bonds. The quantitative estimate of drug-likeness (QED) is 0.645. The van der Waals surface area contributed by atoms with Crippen molar-refractivity contribution in [2.45, 2.75) is 50.6 Å². The predicted molar refractivity (Wildman–Crippen MR) is 109 cm³/mol. The second-order valence-electron chi connectivity index (χ2n) is 7.19. The third kappa shape index (κ3) is 3.74. The minimum atomic E-state index is -3.05. The Labute approximate surface area is 175 Å². The number of carbonyl (C=O) groups excluding carboxylic acids is 1. The molecule has 2 unspecified atom stereocenters. The molecule has 0 spiro atoms. The minimum absolute atomic E-state index is 0.0168. The molecule has 3 heterocycles. The molecule has 10 heteroatoms. The zero-order chi connectivity index (χ0) is 20.8. The molecule has 3 aromatic rings. The van der Waals surface area contributed by atoms with Gasteiger partial charge in [0.15, 0.2) is 5.01 Å². The van der Waals surface area contributed by atoms with Crippen LogP contribution in [0.1, 0.15) is 41.6 Å². The second-order valence-corrected chi connectivity index (χ2v) is 8.79. The van der Waals surface area contributed by atoms with E-state index in [-0.39, 0.29) is 11.4 Å². The van der Waals surface area contributed by atoms with Crippen LogP contribution in [0, 0.1) is 0 Å². The number of carbonyl (C=O) groups is 1. The summed E-state index contributed by atoms with van der Waals surface area (Å²) in [6.45, 7) is 2.05. The molecular formula is C19H20ClF2N5OS. The monoisotopic (exact) mass is 439 g/mol. The highest BCUT2D eigenvalue weighted by molar-refractivity contribution is 7.18. The lowest BCUT2D eigenvalue weighted by atomic mass is 9.87. The Morgan fingerprint density at radius 3 is 3.00 bits per heavy atom. The molecule has 1 aliphatic carbocycles. The highest BCUT2D eigenvalue weighted by Crippen LogP contribution is 2.36. The van der Waals surface area contributed by atoms with Crippen LogP contribution in [-0.2, 0) is 6.42 Å². The SMILES string of the molecule is CCc1ccc2c(-c3nc(C(=O)NC4C(N)CCCC4(F)F)sc3Cl)cnn2c1. The third-order valence-electron chi connectivity index (χ3n) is 5.24. The Morgan fingerprint density at radius 1 is 1.48 bits per heavy atom. The Hall–Kier alpha value is -2.10. The molecule has 0 saturated heterocycles. The van der Waals surface area contributed by atoms with Crippen LogP contribution < -0.4 is 11.1 Å². The number of hydrogen-bond donors (Lipinski definition) is 2. The average molecular weight is 440 g/mol. The maximum absolute atomic E-state index is 14.2. The Kier molecular flexibility index (Phi) is 5.30. The Bertz CT molecular complexity index is 1070. The lowest BCUT2D eigenvalue weighted by molar-refractivity contribution is -0.0674. The number of pyridine rings is 1. The van der Waals surface area contributed by atoms with Crippen molar-refractivity contribution in [1.29, 1.82) is 0 Å². The van der Waals surface area contributed by atoms with E-state index in [9.17, 15) is 13.6 Å². The maximum Gasteiger partial charge on any atom is 0.280 e. The molecule has 4 rings (SSSR count). The van der Waals surface area contributed by atoms with Crippen molar-refractivity contribution in [3.63, 3.8) is 0 Å². The van der Waals surface area contributed by atoms with E-state index in [1.54, 1.807) is 10.7 Å². The molecule has 0 aliphatic heterocycles. The van der Waals surface area contributed by atoms with Gasteiger partial charge in [-0.25, -0.2) is 18.3 Å². The first-order chi connectivity index (χ1) is 13.8. The van der Waals surface area contributed by atoms with Crippen LogP contribution >= 0.6 is 22.9 Å². The van der Waals surface area contributed by atoms with Crippen LogP contribution in [0.25, 0.3) is 16.8 Å². The lowest BCUT2D eigenvalue weighted by Gasteiger charge is -2.36. The van der Waals surface area contributed by atoms with Crippen molar-refractivity contribution in [3.8, 4) is 11.3 Å². The number of alkyl halides is 2. The molecule has 29 heavy (non-hydrogen) atoms. The molecule has 3 N–H and O–H groups in total. The zero-order valence-corrected chi connectivity index (χ0v) is 17.2. The van der Waals surface area contributed by atoms with Crippen molar-refractivity contribution >= 4 is 34.4 Å². The molecular weight excluding hydrogens is 420 g/mol. The molecule has 0 bridgehead atoms. The molecule has 1 fully saturated rings. The smallest absolute Gasteiger partial charge is 0.280 e. The molecule has 2 atom stereocenters. The molecule has 0 radical (unpaired) electrons. The van der Waals surface area contributed by atoms with Crippen LogP contribution in [0.3, 0.4) is 0 Å². The van der Waals surface area contributed by atoms with Gasteiger partial charge in [0, 0.05) is 24.2 Å². The number of nitrogens with two attached hydrogens (primary N) is 1. The highest BCUT2D eigenvalue weighted by Gasteiger charge is 2.46. The number of aromatic nitrogens is 3. The lowest BCUT2D eigenvalue weighted by Crippen LogP contribution is -2.59. The summed E-state index contributed by atoms with van der Waals surface area (Å²) in [6, 6.07) is 1.68. The van der Waals surface area contributed by atoms with Gasteiger partial charge in [-0.3, -0.25) is 4.79 Å². The number of rotatable bonds is 4. The van der Waals surface area contributed by atoms with Gasteiger partial charge in [0.05, 0.1) is 11.7 Å². The van der Waals surface area contributed by atoms with E-state index >= 15 is 0 Å². The van der Waals surface area contributed by atoms with Gasteiger partial charge < -0.3 is 11.1 Å². The van der Waals surface area contributed by atoms with Gasteiger partial charge in [-0.1, -0.05) is 35.9 Å². The number of nitrogens with zero attached hydrogens (tertiary/aromatic N) is 3. The predicted octanol–water partition coefficient (Wildman–Crippen LogP) is 3.92. The van der Waals surface area contributed by atoms with E-state index < -0.39 is 23.9 Å². The second kappa shape index (κ2) is 7.62. The standard InChI is InChI=1S/C19H20ClF2N5OS/c1-2-10-5-6-13-11(8-24-27(13)9-10)14-16(20)29-18(25-14)17(28)26-15-12(23)4-3-7-19(15,21)22/h5-6,8-9,12,15H,2-4,7,23H2,1H3,(H,26,28). The fourth-order valence-electron chi connectivity index (χ4n) is 3.61. The average Bonchev–Trinajstić information content (AvgIpc) is 3.27. The first-order valence-electron chi connectivity index (χ1n) is 9.37. The van der Waals surface area contributed by atoms with E-state index in [1.165, 1.54) is 0 Å². The van der Waals surface area contributed by atoms with E-state index in [0.29, 0.717) is 28.4 Å². The molecule has 154 valence electrons. The van der Waals surface area contributed by atoms with E-state index in [0.717, 1.165) is 28.8 Å². The maximum atomic E-state index is 14.2. The number of amides is 1. The topological polar surface area (TPSA) is 85.3 Å². The minimum Gasteiger partial charge on any atom is -0.340 e. The van der Waals surface area contributed by atoms with Crippen molar-refractivity contribution in [3.05, 3.63) is 39.4 Å². The third-order valence-corrected chi connectivity index (χ3v) is 6.49. The van der Waals surface area contributed by atoms with Gasteiger partial charge >= 0.3 is 0 Å². The number of nitrogens with one attached hydrogen (secondary N) is 1. The van der Waals surface area contributed by atoms with E-state index in [4.69, 9.17) is 17.3 Å². The summed E-state index contributed by atoms with van der Waals surface area (Å²) >= 11 is 7.28. The largest absolute Gasteiger partial charge is 0.340 e. The number of hydrogen-bond acceptors (Lipinski definition) is 5. The molecule has 3 aromatic heterocycles. The van der Waals surface area contributed by atoms with Crippen molar-refractivity contribution < 1.29 is 13.6 Å². The van der Waals surface area contributed by atoms with Gasteiger partial charge in [-0.2, -0.15) is 5.10 Å². The summed E-state index contributed by atoms with van der Waals surface area (Å²) in [5.74, 6) is -3.74. The normalized spacial score (nSPS) is 21.4. The van der Waals surface area contributed by atoms with Crippen LogP contribution in [0.5, 0.6) is 0 Å². The number of fused-ring (bicyclic) bond motifs is 1. The van der Waals surface area contributed by atoms with Gasteiger partial charge in [-0.05, 0) is 30.9 Å². The fourth-order valence-corrected chi connectivity index (χ4v) is 4.68. The summed E-state index contributed by atoms with van der Waals surface area (Å²) in [5, 5.41) is 6.71. The number of aryl methyl sites for hydroxylation is 1. The Morgan fingerprint density at radius 2 is 2.28 bits per heavy atom. The van der Waals surface area contributed by atoms with Crippen molar-refractivity contribution in [2.75, 3.05) is 0 Å². The Balaban J connectivity index is 1.62. The molecule has 6 nitrogen and oxygen atoms in total. The number of halogens is 3. The van der Waals surface area contributed by atoms with Crippen LogP contribution in [0.15, 0.2) is 24.5 Å². The van der Waals surface area contributed by atoms with E-state index in [2.05, 4.69) is 22.3 Å². The molecule has 1 aliphatic rings. The van der Waals surface area contributed by atoms with Crippen LogP contribution in [0.4, 0.5) is 8.78 Å². The van der Waals surface area contributed by atoms with Gasteiger partial charge in [0.25, 0.3) is 11.8 Å². The van der Waals surface area contributed by atoms with Gasteiger partial charge in [0.2, 0.25) is 0 Å². The molecule has 1 saturated carbocycles. The summed E-state index contributed by atoms with van der Waals surface area (Å²) in [5.41, 5.74) is 8.83. The van der Waals surface area contributed by atoms with Gasteiger partial charge in [-0.15, -0.1) is 0 Å². The molecule has 0 aromatic carbocycles. The first-order valence-corrected chi connectivity index (χ1v) is 10.6. The summed E-state index contributed by atoms with van der Waals surface area (Å²) in [4.78, 5) is 16.9. The highest BCUT2D eigenvalue weighted by atomic mass is 35.5. The van der Waals surface area contributed by atoms with Crippen LogP contribution in [0.2, 0.25) is 4.34 Å². The summed E-state index contributed by atoms with van der Waals surface area (Å²) in [7, 11) is 0. The fraction of sp³-hybridized carbons (Fsp3) is 0.421. The zero-order valence-electron chi connectivity index (χ0n) is 15.7. The number of thiazole rings is 1. The van der Waals surface area contributed by atoms with Crippen LogP contribution in [-0.4, -0.2) is 38.5 Å². The van der Waals surface area contributed by atoms with E-state index in [1.807, 2.05) is 18.3 Å². The van der Waals surface area contributed by atoms with Crippen molar-refractivity contribution in [2.24, 2.45) is 5.73 Å². The van der Waals surface area contributed by atoms with Gasteiger partial charge in [0.1, 0.15) is 16.1 Å². The first kappa shape index (κ1) is 20.2.